The van der Waals surface area contributed by atoms with Crippen LogP contribution in [0.1, 0.15) is 40.0 Å². The van der Waals surface area contributed by atoms with E-state index in [1.807, 2.05) is 6.92 Å². The Morgan fingerprint density at radius 3 is 2.26 bits per heavy atom. The zero-order valence-corrected chi connectivity index (χ0v) is 12.4. The van der Waals surface area contributed by atoms with Crippen molar-refractivity contribution < 1.29 is 9.59 Å². The van der Waals surface area contributed by atoms with Crippen molar-refractivity contribution in [2.45, 2.75) is 46.1 Å². The molecule has 0 spiro atoms. The summed E-state index contributed by atoms with van der Waals surface area (Å²) in [4.78, 5) is 27.2. The van der Waals surface area contributed by atoms with Crippen molar-refractivity contribution in [3.8, 4) is 0 Å². The maximum atomic E-state index is 12.0. The summed E-state index contributed by atoms with van der Waals surface area (Å²) in [5.41, 5.74) is 0. The van der Waals surface area contributed by atoms with Crippen LogP contribution in [0.25, 0.3) is 0 Å². The van der Waals surface area contributed by atoms with Crippen LogP contribution in [-0.4, -0.2) is 60.4 Å². The SMILES string of the molecule is CCCNC(CCC)CN1CC(=O)N(CC)CC1=O. The molecule has 0 aromatic rings. The van der Waals surface area contributed by atoms with Crippen LogP contribution < -0.4 is 5.32 Å². The molecule has 0 aromatic carbocycles. The molecule has 5 heteroatoms. The van der Waals surface area contributed by atoms with Crippen molar-refractivity contribution >= 4 is 11.8 Å². The third kappa shape index (κ3) is 4.82. The summed E-state index contributed by atoms with van der Waals surface area (Å²) in [6.45, 7) is 8.88. The summed E-state index contributed by atoms with van der Waals surface area (Å²) in [6, 6.07) is 0.301. The van der Waals surface area contributed by atoms with Gasteiger partial charge < -0.3 is 15.1 Å². The highest BCUT2D eigenvalue weighted by molar-refractivity contribution is 5.92. The van der Waals surface area contributed by atoms with E-state index in [0.29, 0.717) is 19.1 Å². The molecule has 1 fully saturated rings. The van der Waals surface area contributed by atoms with Crippen LogP contribution in [0.2, 0.25) is 0 Å². The average molecular weight is 269 g/mol. The normalized spacial score (nSPS) is 18.1. The van der Waals surface area contributed by atoms with Gasteiger partial charge in [-0.15, -0.1) is 0 Å². The van der Waals surface area contributed by atoms with Crippen molar-refractivity contribution in [1.82, 2.24) is 15.1 Å². The molecule has 1 rings (SSSR count). The lowest BCUT2D eigenvalue weighted by Crippen LogP contribution is -2.56. The number of amides is 2. The Morgan fingerprint density at radius 1 is 1.05 bits per heavy atom. The second-order valence-electron chi connectivity index (χ2n) is 5.12. The molecule has 1 saturated heterocycles. The minimum Gasteiger partial charge on any atom is -0.332 e. The maximum Gasteiger partial charge on any atom is 0.242 e. The van der Waals surface area contributed by atoms with Crippen LogP contribution in [-0.2, 0) is 9.59 Å². The van der Waals surface area contributed by atoms with Gasteiger partial charge in [0.15, 0.2) is 0 Å². The Labute approximate surface area is 116 Å². The molecule has 1 atom stereocenters. The van der Waals surface area contributed by atoms with Gasteiger partial charge in [-0.05, 0) is 26.3 Å². The first-order valence-corrected chi connectivity index (χ1v) is 7.41. The quantitative estimate of drug-likeness (QED) is 0.710. The minimum atomic E-state index is 0.0628. The fourth-order valence-electron chi connectivity index (χ4n) is 2.38. The maximum absolute atomic E-state index is 12.0. The molecule has 0 bridgehead atoms. The van der Waals surface area contributed by atoms with E-state index in [4.69, 9.17) is 0 Å². The molecule has 0 aliphatic carbocycles. The Morgan fingerprint density at radius 2 is 1.68 bits per heavy atom. The Kier molecular flexibility index (Phi) is 6.84. The van der Waals surface area contributed by atoms with Crippen LogP contribution in [0.3, 0.4) is 0 Å². The second-order valence-corrected chi connectivity index (χ2v) is 5.12. The molecular formula is C14H27N3O2. The average Bonchev–Trinajstić information content (AvgIpc) is 2.39. The fraction of sp³-hybridized carbons (Fsp3) is 0.857. The summed E-state index contributed by atoms with van der Waals surface area (Å²) in [6.07, 6.45) is 3.20. The summed E-state index contributed by atoms with van der Waals surface area (Å²) < 4.78 is 0. The van der Waals surface area contributed by atoms with E-state index >= 15 is 0 Å². The Balaban J connectivity index is 2.53. The Bertz CT molecular complexity index is 307. The summed E-state index contributed by atoms with van der Waals surface area (Å²) in [5, 5.41) is 3.46. The number of nitrogens with zero attached hydrogens (tertiary/aromatic N) is 2. The highest BCUT2D eigenvalue weighted by Crippen LogP contribution is 2.08. The van der Waals surface area contributed by atoms with Crippen molar-refractivity contribution in [1.29, 1.82) is 0 Å². The highest BCUT2D eigenvalue weighted by atomic mass is 16.2. The van der Waals surface area contributed by atoms with E-state index in [2.05, 4.69) is 19.2 Å². The van der Waals surface area contributed by atoms with Gasteiger partial charge in [-0.3, -0.25) is 9.59 Å². The molecule has 0 radical (unpaired) electrons. The van der Waals surface area contributed by atoms with Crippen molar-refractivity contribution in [3.05, 3.63) is 0 Å². The molecule has 110 valence electrons. The summed E-state index contributed by atoms with van der Waals surface area (Å²) in [7, 11) is 0. The lowest BCUT2D eigenvalue weighted by atomic mass is 10.1. The zero-order chi connectivity index (χ0) is 14.3. The molecule has 1 aliphatic rings. The van der Waals surface area contributed by atoms with Crippen molar-refractivity contribution in [2.24, 2.45) is 0 Å². The molecule has 0 saturated carbocycles. The minimum absolute atomic E-state index is 0.0628. The number of piperazine rings is 1. The first-order chi connectivity index (χ1) is 9.12. The zero-order valence-electron chi connectivity index (χ0n) is 12.4. The summed E-state index contributed by atoms with van der Waals surface area (Å²) in [5.74, 6) is 0.133. The van der Waals surface area contributed by atoms with Crippen molar-refractivity contribution in [2.75, 3.05) is 32.7 Å². The van der Waals surface area contributed by atoms with Crippen LogP contribution in [0.5, 0.6) is 0 Å². The van der Waals surface area contributed by atoms with Gasteiger partial charge in [-0.2, -0.15) is 0 Å². The van der Waals surface area contributed by atoms with Gasteiger partial charge >= 0.3 is 0 Å². The largest absolute Gasteiger partial charge is 0.332 e. The number of carbonyl (C=O) groups is 2. The lowest BCUT2D eigenvalue weighted by Gasteiger charge is -2.35. The third-order valence-electron chi connectivity index (χ3n) is 3.50. The van der Waals surface area contributed by atoms with E-state index in [-0.39, 0.29) is 24.9 Å². The molecule has 1 N–H and O–H groups in total. The molecule has 0 aromatic heterocycles. The van der Waals surface area contributed by atoms with Crippen LogP contribution in [0, 0.1) is 0 Å². The van der Waals surface area contributed by atoms with E-state index in [1.165, 1.54) is 0 Å². The highest BCUT2D eigenvalue weighted by Gasteiger charge is 2.29. The van der Waals surface area contributed by atoms with Gasteiger partial charge in [0.05, 0.1) is 13.1 Å². The molecule has 1 unspecified atom stereocenters. The topological polar surface area (TPSA) is 52.7 Å². The van der Waals surface area contributed by atoms with Crippen LogP contribution in [0.15, 0.2) is 0 Å². The number of hydrogen-bond acceptors (Lipinski definition) is 3. The Hall–Kier alpha value is -1.10. The van der Waals surface area contributed by atoms with Crippen LogP contribution >= 0.6 is 0 Å². The molecule has 19 heavy (non-hydrogen) atoms. The predicted molar refractivity (Wildman–Crippen MR) is 75.8 cm³/mol. The smallest absolute Gasteiger partial charge is 0.242 e. The molecule has 2 amide bonds. The molecular weight excluding hydrogens is 242 g/mol. The monoisotopic (exact) mass is 269 g/mol. The van der Waals surface area contributed by atoms with E-state index in [9.17, 15) is 9.59 Å². The third-order valence-corrected chi connectivity index (χ3v) is 3.50. The van der Waals surface area contributed by atoms with Crippen LogP contribution in [0.4, 0.5) is 0 Å². The van der Waals surface area contributed by atoms with Gasteiger partial charge in [-0.1, -0.05) is 20.3 Å². The summed E-state index contributed by atoms with van der Waals surface area (Å²) >= 11 is 0. The standard InChI is InChI=1S/C14H27N3O2/c1-4-7-12(15-8-5-2)9-17-11-13(18)16(6-3)10-14(17)19/h12,15H,4-11H2,1-3H3. The molecule has 5 nitrogen and oxygen atoms in total. The van der Waals surface area contributed by atoms with Gasteiger partial charge in [0.25, 0.3) is 0 Å². The second kappa shape index (κ2) is 8.15. The van der Waals surface area contributed by atoms with Gasteiger partial charge in [0.2, 0.25) is 11.8 Å². The number of hydrogen-bond donors (Lipinski definition) is 1. The van der Waals surface area contributed by atoms with Gasteiger partial charge in [-0.25, -0.2) is 0 Å². The van der Waals surface area contributed by atoms with E-state index in [0.717, 1.165) is 25.8 Å². The number of rotatable bonds is 8. The first-order valence-electron chi connectivity index (χ1n) is 7.41. The number of carbonyl (C=O) groups excluding carboxylic acids is 2. The van der Waals surface area contributed by atoms with E-state index in [1.54, 1.807) is 9.80 Å². The molecule has 1 heterocycles. The number of likely N-dealkylation sites (N-methyl/N-ethyl adjacent to an activating group) is 1. The fourth-order valence-corrected chi connectivity index (χ4v) is 2.38. The first kappa shape index (κ1) is 16.0. The predicted octanol–water partition coefficient (Wildman–Crippen LogP) is 0.845. The number of nitrogens with one attached hydrogen (secondary N) is 1. The van der Waals surface area contributed by atoms with Gasteiger partial charge in [0.1, 0.15) is 0 Å². The van der Waals surface area contributed by atoms with Crippen molar-refractivity contribution in [3.63, 3.8) is 0 Å². The molecule has 1 aliphatic heterocycles. The lowest BCUT2D eigenvalue weighted by molar-refractivity contribution is -0.150. The van der Waals surface area contributed by atoms with Gasteiger partial charge in [0, 0.05) is 19.1 Å². The van der Waals surface area contributed by atoms with E-state index < -0.39 is 0 Å².